The van der Waals surface area contributed by atoms with Gasteiger partial charge >= 0.3 is 23.5 Å². The molecular weight excluding hydrogens is 555 g/mol. The average molecular weight is 575 g/mol. The van der Waals surface area contributed by atoms with Crippen molar-refractivity contribution in [3.63, 3.8) is 0 Å². The molecule has 0 bridgehead atoms. The summed E-state index contributed by atoms with van der Waals surface area (Å²) in [5.74, 6) is 0. The number of hydrazone groups is 1. The maximum absolute atomic E-state index is 12.3. The molecule has 1 fully saturated rings. The molecule has 0 spiro atoms. The van der Waals surface area contributed by atoms with Gasteiger partial charge in [0.2, 0.25) is 0 Å². The summed E-state index contributed by atoms with van der Waals surface area (Å²) in [6, 6.07) is 0. The lowest BCUT2D eigenvalue weighted by Gasteiger charge is -2.28. The smallest absolute Gasteiger partial charge is 0.387 e. The van der Waals surface area contributed by atoms with Crippen LogP contribution in [0.1, 0.15) is 24.4 Å². The Bertz CT molecular complexity index is 1370. The third-order valence-electron chi connectivity index (χ3n) is 5.18. The van der Waals surface area contributed by atoms with E-state index in [0.717, 1.165) is 4.68 Å². The largest absolute Gasteiger partial charge is 0.490 e. The van der Waals surface area contributed by atoms with Crippen LogP contribution in [-0.4, -0.2) is 75.2 Å². The quantitative estimate of drug-likeness (QED) is 0.166. The molecule has 0 aromatic heterocycles. The molecule has 0 amide bonds. The lowest BCUT2D eigenvalue weighted by Crippen LogP contribution is -2.44. The minimum atomic E-state index is -5.74. The van der Waals surface area contributed by atoms with Gasteiger partial charge in [-0.15, -0.1) is 0 Å². The van der Waals surface area contributed by atoms with Crippen molar-refractivity contribution < 1.29 is 61.4 Å². The predicted octanol–water partition coefficient (Wildman–Crippen LogP) is -1.53. The number of nitrogens with one attached hydrogen (secondary N) is 2. The van der Waals surface area contributed by atoms with Crippen LogP contribution in [0.2, 0.25) is 0 Å². The van der Waals surface area contributed by atoms with Crippen LogP contribution in [0.5, 0.6) is 0 Å². The van der Waals surface area contributed by atoms with Crippen molar-refractivity contribution >= 4 is 29.7 Å². The maximum Gasteiger partial charge on any atom is 0.490 e. The van der Waals surface area contributed by atoms with E-state index >= 15 is 0 Å². The Kier molecular flexibility index (Phi) is 6.94. The molecule has 19 nitrogen and oxygen atoms in total. The first-order valence-corrected chi connectivity index (χ1v) is 14.3. The highest BCUT2D eigenvalue weighted by Crippen LogP contribution is 2.66. The summed E-state index contributed by atoms with van der Waals surface area (Å²) in [5.41, 5.74) is 1.61. The Morgan fingerprint density at radius 1 is 1.22 bits per heavy atom. The number of H-pyrrole nitrogens is 1. The molecular formula is C14H20N5O14P3. The predicted molar refractivity (Wildman–Crippen MR) is 114 cm³/mol. The summed E-state index contributed by atoms with van der Waals surface area (Å²) in [6.07, 6.45) is -2.09. The highest BCUT2D eigenvalue weighted by Gasteiger charge is 2.54. The van der Waals surface area contributed by atoms with Crippen molar-refractivity contribution in [3.05, 3.63) is 27.8 Å². The topological polar surface area (TPSA) is 285 Å². The number of hydrogen-bond donors (Lipinski definition) is 8. The summed E-state index contributed by atoms with van der Waals surface area (Å²) in [7, 11) is -16.8. The molecule has 1 saturated heterocycles. The highest BCUT2D eigenvalue weighted by atomic mass is 31.3. The van der Waals surface area contributed by atoms with Crippen LogP contribution in [0.15, 0.2) is 16.1 Å². The summed E-state index contributed by atoms with van der Waals surface area (Å²) in [5, 5.41) is 29.6. The molecule has 6 atom stereocenters. The van der Waals surface area contributed by atoms with Gasteiger partial charge in [0, 0.05) is 11.1 Å². The van der Waals surface area contributed by atoms with Gasteiger partial charge in [-0.05, 0) is 6.92 Å². The van der Waals surface area contributed by atoms with E-state index in [4.69, 9.17) is 14.5 Å². The number of aliphatic hydroxyl groups excluding tert-OH is 1. The van der Waals surface area contributed by atoms with E-state index in [1.165, 1.54) is 19.3 Å². The van der Waals surface area contributed by atoms with Gasteiger partial charge < -0.3 is 44.9 Å². The second kappa shape index (κ2) is 9.18. The number of ether oxygens (including phenoxy) is 1. The number of hydrogen-bond acceptors (Lipinski definition) is 13. The molecule has 36 heavy (non-hydrogen) atoms. The van der Waals surface area contributed by atoms with Crippen LogP contribution in [0.25, 0.3) is 11.3 Å². The molecule has 4 aliphatic heterocycles. The zero-order chi connectivity index (χ0) is 26.7. The zero-order valence-corrected chi connectivity index (χ0v) is 20.6. The SMILES string of the molecule is C[C@@]1(O)[C@H](O)[C@@H](COP(=O)(O)OP(=O)(O)OP(=O)(O)O)O[C@H]1n1cc2[nH]c(=O)c3c-2c(n1)C=NNC3. The molecule has 4 heterocycles. The fourth-order valence-electron chi connectivity index (χ4n) is 3.70. The third kappa shape index (κ3) is 5.54. The van der Waals surface area contributed by atoms with Gasteiger partial charge in [-0.1, -0.05) is 0 Å². The number of nitrogens with zero attached hydrogens (tertiary/aromatic N) is 3. The van der Waals surface area contributed by atoms with E-state index in [9.17, 15) is 38.5 Å². The first-order chi connectivity index (χ1) is 16.5. The van der Waals surface area contributed by atoms with Crippen molar-refractivity contribution in [1.82, 2.24) is 20.2 Å². The zero-order valence-electron chi connectivity index (χ0n) is 17.9. The van der Waals surface area contributed by atoms with Gasteiger partial charge in [0.05, 0.1) is 31.3 Å². The molecule has 0 aliphatic carbocycles. The van der Waals surface area contributed by atoms with E-state index in [-0.39, 0.29) is 12.2 Å². The molecule has 0 aromatic rings. The second-order valence-corrected chi connectivity index (χ2v) is 12.3. The van der Waals surface area contributed by atoms with Crippen LogP contribution < -0.4 is 11.0 Å². The number of rotatable bonds is 8. The molecule has 4 rings (SSSR count). The Labute approximate surface area is 200 Å². The molecule has 0 saturated carbocycles. The van der Waals surface area contributed by atoms with Crippen molar-refractivity contribution in [3.8, 4) is 11.3 Å². The molecule has 22 heteroatoms. The minimum absolute atomic E-state index is 0.146. The van der Waals surface area contributed by atoms with Crippen LogP contribution in [-0.2, 0) is 38.1 Å². The van der Waals surface area contributed by atoms with E-state index in [0.29, 0.717) is 16.8 Å². The number of aliphatic hydroxyl groups is 2. The minimum Gasteiger partial charge on any atom is -0.387 e. The van der Waals surface area contributed by atoms with Crippen molar-refractivity contribution in [2.75, 3.05) is 6.61 Å². The Hall–Kier alpha value is -1.82. The lowest BCUT2D eigenvalue weighted by atomic mass is 9.96. The highest BCUT2D eigenvalue weighted by molar-refractivity contribution is 7.66. The Morgan fingerprint density at radius 3 is 2.58 bits per heavy atom. The van der Waals surface area contributed by atoms with E-state index in [1.54, 1.807) is 0 Å². The molecule has 2 unspecified atom stereocenters. The monoisotopic (exact) mass is 575 g/mol. The van der Waals surface area contributed by atoms with Gasteiger partial charge in [0.25, 0.3) is 5.56 Å². The number of aromatic amines is 1. The average Bonchev–Trinajstić information content (AvgIpc) is 3.02. The van der Waals surface area contributed by atoms with Crippen molar-refractivity contribution in [2.45, 2.75) is 37.5 Å². The summed E-state index contributed by atoms with van der Waals surface area (Å²) in [6.45, 7) is 0.307. The molecule has 0 aromatic carbocycles. The molecule has 200 valence electrons. The van der Waals surface area contributed by atoms with Crippen LogP contribution in [0, 0.1) is 0 Å². The first kappa shape index (κ1) is 27.2. The molecule has 4 aliphatic rings. The normalized spacial score (nSPS) is 29.5. The van der Waals surface area contributed by atoms with Gasteiger partial charge in [0.1, 0.15) is 23.5 Å². The summed E-state index contributed by atoms with van der Waals surface area (Å²) in [4.78, 5) is 50.9. The van der Waals surface area contributed by atoms with Gasteiger partial charge in [0.15, 0.2) is 6.23 Å². The fourth-order valence-corrected chi connectivity index (χ4v) is 6.73. The van der Waals surface area contributed by atoms with Crippen LogP contribution >= 0.6 is 23.5 Å². The van der Waals surface area contributed by atoms with E-state index in [2.05, 4.69) is 33.8 Å². The van der Waals surface area contributed by atoms with Crippen molar-refractivity contribution in [1.29, 1.82) is 0 Å². The Balaban J connectivity index is 1.54. The van der Waals surface area contributed by atoms with Crippen molar-refractivity contribution in [2.24, 2.45) is 5.10 Å². The third-order valence-corrected chi connectivity index (χ3v) is 8.98. The first-order valence-electron chi connectivity index (χ1n) is 9.73. The lowest BCUT2D eigenvalue weighted by molar-refractivity contribution is -0.103. The number of aromatic nitrogens is 3. The molecule has 8 N–H and O–H groups in total. The fraction of sp³-hybridized carbons (Fsp3) is 0.500. The van der Waals surface area contributed by atoms with E-state index < -0.39 is 59.7 Å². The van der Waals surface area contributed by atoms with Crippen LogP contribution in [0.3, 0.4) is 0 Å². The number of phosphoric ester groups is 1. The Morgan fingerprint density at radius 2 is 1.92 bits per heavy atom. The standard InChI is InChI=1S/C14H20N5O14P3/c1-14(22)11(20)9(5-30-35(26,27)33-36(28,29)32-34(23,24)25)31-13(14)19-4-8-10-6(12(21)17-8)2-15-16-3-7(10)18-19/h3-4,9,11,13,15,20,22H,2,5H2,1H3,(H,17,21)(H,26,27)(H,28,29)(H2,23,24,25)/t9-,11-,13-,14-/m1/s1. The maximum atomic E-state index is 12.3. The van der Waals surface area contributed by atoms with Gasteiger partial charge in [-0.2, -0.15) is 18.8 Å². The van der Waals surface area contributed by atoms with Crippen LogP contribution in [0.4, 0.5) is 0 Å². The second-order valence-electron chi connectivity index (χ2n) is 7.89. The van der Waals surface area contributed by atoms with Gasteiger partial charge in [-0.3, -0.25) is 9.32 Å². The summed E-state index contributed by atoms with van der Waals surface area (Å²) >= 11 is 0. The number of phosphoric acid groups is 3. The van der Waals surface area contributed by atoms with E-state index in [1.807, 2.05) is 0 Å². The molecule has 0 radical (unpaired) electrons. The van der Waals surface area contributed by atoms with Gasteiger partial charge in [-0.25, -0.2) is 18.4 Å². The summed E-state index contributed by atoms with van der Waals surface area (Å²) < 4.78 is 52.5.